The molecule has 0 bridgehead atoms. The summed E-state index contributed by atoms with van der Waals surface area (Å²) in [7, 11) is 0. The summed E-state index contributed by atoms with van der Waals surface area (Å²) in [6, 6.07) is 5.00. The molecule has 1 amide bonds. The van der Waals surface area contributed by atoms with Crippen molar-refractivity contribution >= 4 is 11.9 Å². The van der Waals surface area contributed by atoms with Crippen molar-refractivity contribution in [2.75, 3.05) is 6.61 Å². The third kappa shape index (κ3) is 2.78. The molecule has 0 aromatic heterocycles. The van der Waals surface area contributed by atoms with Gasteiger partial charge in [0.1, 0.15) is 5.82 Å². The molecule has 0 fully saturated rings. The maximum absolute atomic E-state index is 13.2. The first-order valence-electron chi connectivity index (χ1n) is 4.19. The van der Waals surface area contributed by atoms with Crippen molar-refractivity contribution in [2.45, 2.75) is 0 Å². The molecular formula is C10H7FN2O3. The van der Waals surface area contributed by atoms with Crippen LogP contribution in [0.3, 0.4) is 0 Å². The number of primary amides is 1. The smallest absolute Gasteiger partial charge is 0.341 e. The fourth-order valence-corrected chi connectivity index (χ4v) is 0.965. The number of benzene rings is 1. The monoisotopic (exact) mass is 222 g/mol. The lowest BCUT2D eigenvalue weighted by molar-refractivity contribution is -0.121. The van der Waals surface area contributed by atoms with Gasteiger partial charge in [-0.2, -0.15) is 5.26 Å². The standard InChI is InChI=1S/C10H7FN2O3/c11-8-3-6(4-12)1-2-7(8)10(15)16-5-9(13)14/h1-3H,5H2,(H2,13,14). The molecule has 0 saturated heterocycles. The Morgan fingerprint density at radius 2 is 2.19 bits per heavy atom. The van der Waals surface area contributed by atoms with Crippen LogP contribution in [0.4, 0.5) is 4.39 Å². The van der Waals surface area contributed by atoms with Gasteiger partial charge in [-0.15, -0.1) is 0 Å². The van der Waals surface area contributed by atoms with E-state index in [9.17, 15) is 14.0 Å². The fraction of sp³-hybridized carbons (Fsp3) is 0.100. The summed E-state index contributed by atoms with van der Waals surface area (Å²) in [6.07, 6.45) is 0. The van der Waals surface area contributed by atoms with Crippen LogP contribution >= 0.6 is 0 Å². The molecule has 0 aliphatic heterocycles. The minimum atomic E-state index is -0.999. The van der Waals surface area contributed by atoms with E-state index < -0.39 is 24.3 Å². The Labute approximate surface area is 90.2 Å². The molecule has 1 aromatic carbocycles. The van der Waals surface area contributed by atoms with Crippen LogP contribution in [0.15, 0.2) is 18.2 Å². The molecule has 5 nitrogen and oxygen atoms in total. The average Bonchev–Trinajstić information content (AvgIpc) is 2.25. The number of ether oxygens (including phenoxy) is 1. The molecule has 2 N–H and O–H groups in total. The number of hydrogen-bond acceptors (Lipinski definition) is 4. The molecule has 0 unspecified atom stereocenters. The summed E-state index contributed by atoms with van der Waals surface area (Å²) in [5.41, 5.74) is 4.49. The maximum atomic E-state index is 13.2. The Balaban J connectivity index is 2.85. The Kier molecular flexibility index (Phi) is 3.56. The molecule has 6 heteroatoms. The van der Waals surface area contributed by atoms with Crippen molar-refractivity contribution in [1.82, 2.24) is 0 Å². The lowest BCUT2D eigenvalue weighted by Gasteiger charge is -2.03. The highest BCUT2D eigenvalue weighted by atomic mass is 19.1. The van der Waals surface area contributed by atoms with E-state index in [4.69, 9.17) is 11.0 Å². The Hall–Kier alpha value is -2.42. The minimum Gasteiger partial charge on any atom is -0.452 e. The molecule has 0 heterocycles. The molecule has 0 aliphatic rings. The van der Waals surface area contributed by atoms with Gasteiger partial charge in [0.15, 0.2) is 6.61 Å². The number of amides is 1. The first kappa shape index (κ1) is 11.7. The van der Waals surface area contributed by atoms with Gasteiger partial charge in [0.25, 0.3) is 5.91 Å². The zero-order chi connectivity index (χ0) is 12.1. The third-order valence-corrected chi connectivity index (χ3v) is 1.66. The summed E-state index contributed by atoms with van der Waals surface area (Å²) < 4.78 is 17.7. The molecular weight excluding hydrogens is 215 g/mol. The second kappa shape index (κ2) is 4.89. The van der Waals surface area contributed by atoms with Crippen LogP contribution in [0.5, 0.6) is 0 Å². The third-order valence-electron chi connectivity index (χ3n) is 1.66. The van der Waals surface area contributed by atoms with Gasteiger partial charge >= 0.3 is 5.97 Å². The highest BCUT2D eigenvalue weighted by molar-refractivity contribution is 5.91. The van der Waals surface area contributed by atoms with Gasteiger partial charge in [0.05, 0.1) is 17.2 Å². The largest absolute Gasteiger partial charge is 0.452 e. The number of nitrogens with zero attached hydrogens (tertiary/aromatic N) is 1. The van der Waals surface area contributed by atoms with E-state index in [2.05, 4.69) is 4.74 Å². The molecule has 0 saturated carbocycles. The lowest BCUT2D eigenvalue weighted by Crippen LogP contribution is -2.21. The van der Waals surface area contributed by atoms with Gasteiger partial charge in [0, 0.05) is 0 Å². The number of esters is 1. The van der Waals surface area contributed by atoms with Gasteiger partial charge in [-0.05, 0) is 18.2 Å². The van der Waals surface area contributed by atoms with Crippen LogP contribution in [-0.4, -0.2) is 18.5 Å². The van der Waals surface area contributed by atoms with Crippen LogP contribution < -0.4 is 5.73 Å². The number of halogens is 1. The minimum absolute atomic E-state index is 0.0870. The molecule has 82 valence electrons. The SMILES string of the molecule is N#Cc1ccc(C(=O)OCC(N)=O)c(F)c1. The number of carbonyl (C=O) groups is 2. The average molecular weight is 222 g/mol. The van der Waals surface area contributed by atoms with E-state index in [1.807, 2.05) is 0 Å². The predicted octanol–water partition coefficient (Wildman–Crippen LogP) is 0.339. The van der Waals surface area contributed by atoms with E-state index in [0.717, 1.165) is 12.1 Å². The van der Waals surface area contributed by atoms with Gasteiger partial charge < -0.3 is 10.5 Å². The van der Waals surface area contributed by atoms with Crippen molar-refractivity contribution < 1.29 is 18.7 Å². The maximum Gasteiger partial charge on any atom is 0.341 e. The number of hydrogen-bond donors (Lipinski definition) is 1. The molecule has 1 aromatic rings. The first-order valence-corrected chi connectivity index (χ1v) is 4.19. The highest BCUT2D eigenvalue weighted by Gasteiger charge is 2.14. The second-order valence-electron chi connectivity index (χ2n) is 2.85. The Bertz CT molecular complexity index is 479. The number of rotatable bonds is 3. The molecule has 1 rings (SSSR count). The molecule has 0 aliphatic carbocycles. The summed E-state index contributed by atoms with van der Waals surface area (Å²) in [4.78, 5) is 21.5. The van der Waals surface area contributed by atoms with E-state index in [1.165, 1.54) is 6.07 Å². The zero-order valence-corrected chi connectivity index (χ0v) is 8.07. The van der Waals surface area contributed by atoms with Crippen molar-refractivity contribution in [3.05, 3.63) is 35.1 Å². The molecule has 0 spiro atoms. The summed E-state index contributed by atoms with van der Waals surface area (Å²) in [6.45, 7) is -0.613. The predicted molar refractivity (Wildman–Crippen MR) is 50.6 cm³/mol. The number of nitrogens with two attached hydrogens (primary N) is 1. The zero-order valence-electron chi connectivity index (χ0n) is 8.07. The lowest BCUT2D eigenvalue weighted by atomic mass is 10.1. The van der Waals surface area contributed by atoms with E-state index in [1.54, 1.807) is 6.07 Å². The number of carbonyl (C=O) groups excluding carboxylic acids is 2. The summed E-state index contributed by atoms with van der Waals surface area (Å²) >= 11 is 0. The second-order valence-corrected chi connectivity index (χ2v) is 2.85. The van der Waals surface area contributed by atoms with Crippen molar-refractivity contribution in [1.29, 1.82) is 5.26 Å². The van der Waals surface area contributed by atoms with Crippen molar-refractivity contribution in [3.63, 3.8) is 0 Å². The van der Waals surface area contributed by atoms with Crippen LogP contribution in [-0.2, 0) is 9.53 Å². The Morgan fingerprint density at radius 1 is 1.50 bits per heavy atom. The molecule has 0 atom stereocenters. The summed E-state index contributed by atoms with van der Waals surface area (Å²) in [5, 5.41) is 8.47. The van der Waals surface area contributed by atoms with E-state index in [0.29, 0.717) is 0 Å². The first-order chi connectivity index (χ1) is 7.54. The van der Waals surface area contributed by atoms with Crippen LogP contribution in [0, 0.1) is 17.1 Å². The number of nitriles is 1. The van der Waals surface area contributed by atoms with Crippen molar-refractivity contribution in [2.24, 2.45) is 5.73 Å². The summed E-state index contributed by atoms with van der Waals surface area (Å²) in [5.74, 6) is -2.71. The Morgan fingerprint density at radius 3 is 2.69 bits per heavy atom. The van der Waals surface area contributed by atoms with E-state index in [-0.39, 0.29) is 11.1 Å². The normalized spacial score (nSPS) is 9.25. The fourth-order valence-electron chi connectivity index (χ4n) is 0.965. The van der Waals surface area contributed by atoms with Crippen molar-refractivity contribution in [3.8, 4) is 6.07 Å². The highest BCUT2D eigenvalue weighted by Crippen LogP contribution is 2.11. The van der Waals surface area contributed by atoms with Crippen LogP contribution in [0.2, 0.25) is 0 Å². The molecule has 16 heavy (non-hydrogen) atoms. The van der Waals surface area contributed by atoms with Crippen LogP contribution in [0.1, 0.15) is 15.9 Å². The van der Waals surface area contributed by atoms with Crippen LogP contribution in [0.25, 0.3) is 0 Å². The topological polar surface area (TPSA) is 93.2 Å². The van der Waals surface area contributed by atoms with Gasteiger partial charge in [-0.25, -0.2) is 9.18 Å². The quantitative estimate of drug-likeness (QED) is 0.746. The van der Waals surface area contributed by atoms with Gasteiger partial charge in [0.2, 0.25) is 0 Å². The molecule has 0 radical (unpaired) electrons. The van der Waals surface area contributed by atoms with E-state index >= 15 is 0 Å². The van der Waals surface area contributed by atoms with Gasteiger partial charge in [-0.1, -0.05) is 0 Å². The van der Waals surface area contributed by atoms with Gasteiger partial charge in [-0.3, -0.25) is 4.79 Å².